The smallest absolute Gasteiger partial charge is 0.221 e. The number of ether oxygens (including phenoxy) is 1. The Hall–Kier alpha value is -1.30. The Morgan fingerprint density at radius 3 is 2.50 bits per heavy atom. The van der Waals surface area contributed by atoms with Gasteiger partial charge in [0.25, 0.3) is 0 Å². The van der Waals surface area contributed by atoms with Gasteiger partial charge in [0.15, 0.2) is 5.96 Å². The maximum Gasteiger partial charge on any atom is 0.221 e. The van der Waals surface area contributed by atoms with Crippen molar-refractivity contribution >= 4 is 11.9 Å². The number of hydrogen-bond donors (Lipinski definition) is 3. The number of guanidine groups is 1. The van der Waals surface area contributed by atoms with E-state index in [1.54, 1.807) is 7.05 Å². The first-order valence-electron chi connectivity index (χ1n) is 9.58. The number of nitrogens with zero attached hydrogens (tertiary/aromatic N) is 1. The predicted octanol–water partition coefficient (Wildman–Crippen LogP) is 2.20. The number of carbonyl (C=O) groups excluding carboxylic acids is 1. The van der Waals surface area contributed by atoms with Gasteiger partial charge in [0.1, 0.15) is 0 Å². The summed E-state index contributed by atoms with van der Waals surface area (Å²) < 4.78 is 5.52. The van der Waals surface area contributed by atoms with Crippen LogP contribution in [0.5, 0.6) is 0 Å². The van der Waals surface area contributed by atoms with Crippen LogP contribution in [0.3, 0.4) is 0 Å². The number of nitrogens with one attached hydrogen (secondary N) is 3. The van der Waals surface area contributed by atoms with E-state index in [9.17, 15) is 4.79 Å². The molecule has 140 valence electrons. The highest BCUT2D eigenvalue weighted by molar-refractivity contribution is 5.81. The lowest BCUT2D eigenvalue weighted by Gasteiger charge is -2.22. The van der Waals surface area contributed by atoms with Crippen LogP contribution in [-0.2, 0) is 9.53 Å². The van der Waals surface area contributed by atoms with Crippen molar-refractivity contribution < 1.29 is 9.53 Å². The molecule has 6 nitrogen and oxygen atoms in total. The number of amides is 1. The molecule has 1 amide bonds. The zero-order valence-electron chi connectivity index (χ0n) is 15.5. The SMILES string of the molecule is CCCCOCCCNC(=NC)NCCC(=O)NC1CCCCC1. The lowest BCUT2D eigenvalue weighted by molar-refractivity contribution is -0.121. The molecule has 1 aliphatic carbocycles. The molecule has 0 bridgehead atoms. The first kappa shape index (κ1) is 20.7. The van der Waals surface area contributed by atoms with E-state index in [4.69, 9.17) is 4.74 Å². The topological polar surface area (TPSA) is 74.8 Å². The third-order valence-corrected chi connectivity index (χ3v) is 4.24. The van der Waals surface area contributed by atoms with Crippen LogP contribution < -0.4 is 16.0 Å². The van der Waals surface area contributed by atoms with Gasteiger partial charge in [-0.2, -0.15) is 0 Å². The van der Waals surface area contributed by atoms with Gasteiger partial charge in [0.2, 0.25) is 5.91 Å². The second-order valence-corrected chi connectivity index (χ2v) is 6.40. The summed E-state index contributed by atoms with van der Waals surface area (Å²) in [5.74, 6) is 0.878. The fourth-order valence-corrected chi connectivity index (χ4v) is 2.79. The van der Waals surface area contributed by atoms with Crippen molar-refractivity contribution in [2.45, 2.75) is 70.8 Å². The second-order valence-electron chi connectivity index (χ2n) is 6.40. The summed E-state index contributed by atoms with van der Waals surface area (Å²) in [6.45, 7) is 5.20. The van der Waals surface area contributed by atoms with E-state index >= 15 is 0 Å². The highest BCUT2D eigenvalue weighted by atomic mass is 16.5. The number of unbranched alkanes of at least 4 members (excludes halogenated alkanes) is 1. The first-order chi connectivity index (χ1) is 11.8. The van der Waals surface area contributed by atoms with Gasteiger partial charge in [-0.1, -0.05) is 32.6 Å². The zero-order valence-corrected chi connectivity index (χ0v) is 15.5. The van der Waals surface area contributed by atoms with Crippen LogP contribution in [0.1, 0.15) is 64.7 Å². The van der Waals surface area contributed by atoms with Gasteiger partial charge in [-0.05, 0) is 25.7 Å². The quantitative estimate of drug-likeness (QED) is 0.306. The molecule has 0 saturated heterocycles. The normalized spacial score (nSPS) is 16.0. The van der Waals surface area contributed by atoms with Gasteiger partial charge in [-0.3, -0.25) is 9.79 Å². The summed E-state index contributed by atoms with van der Waals surface area (Å²) in [4.78, 5) is 16.1. The summed E-state index contributed by atoms with van der Waals surface area (Å²) in [6, 6.07) is 0.386. The van der Waals surface area contributed by atoms with Gasteiger partial charge < -0.3 is 20.7 Å². The highest BCUT2D eigenvalue weighted by Gasteiger charge is 2.15. The second kappa shape index (κ2) is 14.1. The van der Waals surface area contributed by atoms with E-state index in [1.807, 2.05) is 0 Å². The number of aliphatic imine (C=N–C) groups is 1. The zero-order chi connectivity index (χ0) is 17.5. The maximum atomic E-state index is 11.9. The maximum absolute atomic E-state index is 11.9. The van der Waals surface area contributed by atoms with Crippen molar-refractivity contribution in [2.75, 3.05) is 33.4 Å². The predicted molar refractivity (Wildman–Crippen MR) is 99.3 cm³/mol. The average molecular weight is 341 g/mol. The van der Waals surface area contributed by atoms with Crippen molar-refractivity contribution in [3.8, 4) is 0 Å². The Kier molecular flexibility index (Phi) is 12.2. The van der Waals surface area contributed by atoms with E-state index in [0.29, 0.717) is 19.0 Å². The molecule has 0 aromatic heterocycles. The molecule has 0 aliphatic heterocycles. The summed E-state index contributed by atoms with van der Waals surface area (Å²) in [7, 11) is 1.75. The average Bonchev–Trinajstić information content (AvgIpc) is 2.60. The minimum atomic E-state index is 0.133. The Labute approximate surface area is 147 Å². The van der Waals surface area contributed by atoms with Crippen molar-refractivity contribution in [1.82, 2.24) is 16.0 Å². The summed E-state index contributed by atoms with van der Waals surface area (Å²) >= 11 is 0. The van der Waals surface area contributed by atoms with Gasteiger partial charge in [-0.25, -0.2) is 0 Å². The molecule has 24 heavy (non-hydrogen) atoms. The molecule has 0 radical (unpaired) electrons. The minimum absolute atomic E-state index is 0.133. The monoisotopic (exact) mass is 340 g/mol. The van der Waals surface area contributed by atoms with Gasteiger partial charge in [0.05, 0.1) is 0 Å². The molecule has 1 fully saturated rings. The van der Waals surface area contributed by atoms with Crippen molar-refractivity contribution in [3.05, 3.63) is 0 Å². The summed E-state index contributed by atoms with van der Waals surface area (Å²) in [6.07, 6.45) is 9.77. The number of hydrogen-bond acceptors (Lipinski definition) is 3. The molecule has 1 rings (SSSR count). The Morgan fingerprint density at radius 1 is 1.08 bits per heavy atom. The van der Waals surface area contributed by atoms with Gasteiger partial charge in [0, 0.05) is 45.8 Å². The van der Waals surface area contributed by atoms with E-state index in [-0.39, 0.29) is 5.91 Å². The number of carbonyl (C=O) groups is 1. The van der Waals surface area contributed by atoms with E-state index < -0.39 is 0 Å². The van der Waals surface area contributed by atoms with E-state index in [2.05, 4.69) is 27.9 Å². The Morgan fingerprint density at radius 2 is 1.79 bits per heavy atom. The van der Waals surface area contributed by atoms with Crippen LogP contribution >= 0.6 is 0 Å². The molecular formula is C18H36N4O2. The lowest BCUT2D eigenvalue weighted by atomic mass is 9.95. The Bertz CT molecular complexity index is 355. The third kappa shape index (κ3) is 10.5. The molecular weight excluding hydrogens is 304 g/mol. The lowest BCUT2D eigenvalue weighted by Crippen LogP contribution is -2.41. The molecule has 0 unspecified atom stereocenters. The van der Waals surface area contributed by atoms with Gasteiger partial charge in [-0.15, -0.1) is 0 Å². The largest absolute Gasteiger partial charge is 0.381 e. The van der Waals surface area contributed by atoms with Crippen LogP contribution in [0.15, 0.2) is 4.99 Å². The minimum Gasteiger partial charge on any atom is -0.381 e. The molecule has 0 aromatic rings. The van der Waals surface area contributed by atoms with Crippen molar-refractivity contribution in [1.29, 1.82) is 0 Å². The molecule has 0 aromatic carbocycles. The fraction of sp³-hybridized carbons (Fsp3) is 0.889. The standard InChI is InChI=1S/C18H36N4O2/c1-3-4-14-24-15-8-12-20-18(19-2)21-13-11-17(23)22-16-9-6-5-7-10-16/h16H,3-15H2,1-2H3,(H,22,23)(H2,19,20,21). The van der Waals surface area contributed by atoms with E-state index in [0.717, 1.165) is 51.4 Å². The molecule has 3 N–H and O–H groups in total. The molecule has 1 saturated carbocycles. The number of rotatable bonds is 11. The first-order valence-corrected chi connectivity index (χ1v) is 9.58. The molecule has 6 heteroatoms. The molecule has 0 heterocycles. The van der Waals surface area contributed by atoms with Crippen LogP contribution in [0.2, 0.25) is 0 Å². The molecule has 0 atom stereocenters. The van der Waals surface area contributed by atoms with Crippen molar-refractivity contribution in [3.63, 3.8) is 0 Å². The van der Waals surface area contributed by atoms with Crippen LogP contribution in [0.25, 0.3) is 0 Å². The van der Waals surface area contributed by atoms with Gasteiger partial charge >= 0.3 is 0 Å². The Balaban J connectivity index is 2.01. The van der Waals surface area contributed by atoms with Crippen LogP contribution in [-0.4, -0.2) is 51.3 Å². The summed E-state index contributed by atoms with van der Waals surface area (Å²) in [5.41, 5.74) is 0. The van der Waals surface area contributed by atoms with E-state index in [1.165, 1.54) is 25.7 Å². The molecule has 0 spiro atoms. The van der Waals surface area contributed by atoms with Crippen molar-refractivity contribution in [2.24, 2.45) is 4.99 Å². The van der Waals surface area contributed by atoms with Crippen LogP contribution in [0, 0.1) is 0 Å². The highest BCUT2D eigenvalue weighted by Crippen LogP contribution is 2.17. The van der Waals surface area contributed by atoms with Crippen LogP contribution in [0.4, 0.5) is 0 Å². The summed E-state index contributed by atoms with van der Waals surface area (Å²) in [5, 5.41) is 9.56. The third-order valence-electron chi connectivity index (χ3n) is 4.24. The molecule has 1 aliphatic rings. The fourth-order valence-electron chi connectivity index (χ4n) is 2.79.